The zero-order valence-corrected chi connectivity index (χ0v) is 10.5. The number of pyridine rings is 1. The minimum atomic E-state index is 0.139. The Morgan fingerprint density at radius 1 is 1.47 bits per heavy atom. The van der Waals surface area contributed by atoms with Crippen LogP contribution in [0.15, 0.2) is 16.7 Å². The maximum Gasteiger partial charge on any atom is 0.214 e. The Bertz CT molecular complexity index is 350. The molecule has 1 aromatic heterocycles. The Kier molecular flexibility index (Phi) is 3.14. The predicted octanol–water partition coefficient (Wildman–Crippen LogP) is 3.17. The number of halogens is 1. The van der Waals surface area contributed by atoms with Gasteiger partial charge in [0.1, 0.15) is 0 Å². The van der Waals surface area contributed by atoms with Gasteiger partial charge in [0.05, 0.1) is 22.9 Å². The second-order valence-electron chi connectivity index (χ2n) is 3.94. The van der Waals surface area contributed by atoms with E-state index in [1.807, 2.05) is 19.9 Å². The summed E-state index contributed by atoms with van der Waals surface area (Å²) in [5.41, 5.74) is 0. The number of rotatable bonds is 4. The zero-order chi connectivity index (χ0) is 10.8. The summed E-state index contributed by atoms with van der Waals surface area (Å²) in [4.78, 5) is 4.18. The van der Waals surface area contributed by atoms with Crippen LogP contribution in [0, 0.1) is 0 Å². The number of nitrogens with zero attached hydrogens (tertiary/aromatic N) is 1. The van der Waals surface area contributed by atoms with E-state index in [9.17, 15) is 0 Å². The first-order valence-corrected chi connectivity index (χ1v) is 5.93. The van der Waals surface area contributed by atoms with Crippen molar-refractivity contribution in [2.24, 2.45) is 0 Å². The van der Waals surface area contributed by atoms with Crippen LogP contribution in [-0.4, -0.2) is 17.2 Å². The summed E-state index contributed by atoms with van der Waals surface area (Å²) in [6.45, 7) is 3.95. The molecular formula is C11H14BrNO2. The summed E-state index contributed by atoms with van der Waals surface area (Å²) in [6, 6.07) is 1.84. The van der Waals surface area contributed by atoms with E-state index in [4.69, 9.17) is 9.47 Å². The van der Waals surface area contributed by atoms with Crippen LogP contribution < -0.4 is 9.47 Å². The fourth-order valence-corrected chi connectivity index (χ4v) is 1.55. The Morgan fingerprint density at radius 2 is 2.20 bits per heavy atom. The van der Waals surface area contributed by atoms with Crippen molar-refractivity contribution in [3.63, 3.8) is 0 Å². The lowest BCUT2D eigenvalue weighted by Crippen LogP contribution is -2.07. The van der Waals surface area contributed by atoms with Gasteiger partial charge in [0, 0.05) is 6.07 Å². The van der Waals surface area contributed by atoms with Gasteiger partial charge in [-0.1, -0.05) is 0 Å². The lowest BCUT2D eigenvalue weighted by atomic mass is 10.4. The van der Waals surface area contributed by atoms with Crippen LogP contribution in [0.3, 0.4) is 0 Å². The number of ether oxygens (including phenoxy) is 2. The predicted molar refractivity (Wildman–Crippen MR) is 61.4 cm³/mol. The fourth-order valence-electron chi connectivity index (χ4n) is 1.16. The van der Waals surface area contributed by atoms with Crippen LogP contribution in [0.25, 0.3) is 0 Å². The molecule has 2 rings (SSSR count). The molecule has 0 aliphatic heterocycles. The largest absolute Gasteiger partial charge is 0.488 e. The summed E-state index contributed by atoms with van der Waals surface area (Å²) >= 11 is 3.45. The van der Waals surface area contributed by atoms with Gasteiger partial charge in [0.25, 0.3) is 0 Å². The van der Waals surface area contributed by atoms with Crippen LogP contribution in [0.2, 0.25) is 0 Å². The third-order valence-electron chi connectivity index (χ3n) is 1.97. The van der Waals surface area contributed by atoms with E-state index >= 15 is 0 Å². The average molecular weight is 272 g/mol. The first-order valence-electron chi connectivity index (χ1n) is 5.14. The first kappa shape index (κ1) is 10.7. The monoisotopic (exact) mass is 271 g/mol. The third-order valence-corrected chi connectivity index (χ3v) is 2.59. The highest BCUT2D eigenvalue weighted by molar-refractivity contribution is 9.10. The maximum atomic E-state index is 5.65. The van der Waals surface area contributed by atoms with E-state index in [0.717, 1.165) is 23.1 Å². The van der Waals surface area contributed by atoms with Gasteiger partial charge in [0.2, 0.25) is 5.88 Å². The topological polar surface area (TPSA) is 31.4 Å². The summed E-state index contributed by atoms with van der Waals surface area (Å²) in [5.74, 6) is 1.42. The molecular weight excluding hydrogens is 258 g/mol. The molecule has 3 nitrogen and oxygen atoms in total. The minimum Gasteiger partial charge on any atom is -0.488 e. The third kappa shape index (κ3) is 3.09. The molecule has 0 amide bonds. The molecule has 82 valence electrons. The van der Waals surface area contributed by atoms with Crippen LogP contribution in [-0.2, 0) is 0 Å². The smallest absolute Gasteiger partial charge is 0.214 e. The Balaban J connectivity index is 2.07. The highest BCUT2D eigenvalue weighted by atomic mass is 79.9. The molecule has 1 aliphatic carbocycles. The van der Waals surface area contributed by atoms with Gasteiger partial charge in [-0.15, -0.1) is 0 Å². The second-order valence-corrected chi connectivity index (χ2v) is 4.79. The van der Waals surface area contributed by atoms with Crippen molar-refractivity contribution in [3.05, 3.63) is 16.7 Å². The van der Waals surface area contributed by atoms with E-state index in [-0.39, 0.29) is 6.10 Å². The Labute approximate surface area is 97.9 Å². The number of hydrogen-bond donors (Lipinski definition) is 0. The molecule has 0 aromatic carbocycles. The molecule has 0 bridgehead atoms. The molecule has 15 heavy (non-hydrogen) atoms. The van der Waals surface area contributed by atoms with Crippen molar-refractivity contribution in [2.45, 2.75) is 38.9 Å². The van der Waals surface area contributed by atoms with Gasteiger partial charge in [-0.2, -0.15) is 0 Å². The normalized spacial score (nSPS) is 15.5. The van der Waals surface area contributed by atoms with Gasteiger partial charge in [-0.3, -0.25) is 0 Å². The van der Waals surface area contributed by atoms with Crippen molar-refractivity contribution < 1.29 is 9.47 Å². The van der Waals surface area contributed by atoms with E-state index < -0.39 is 0 Å². The fraction of sp³-hybridized carbons (Fsp3) is 0.545. The molecule has 1 saturated carbocycles. The quantitative estimate of drug-likeness (QED) is 0.843. The molecule has 0 atom stereocenters. The first-order chi connectivity index (χ1) is 7.15. The lowest BCUT2D eigenvalue weighted by molar-refractivity contribution is 0.230. The zero-order valence-electron chi connectivity index (χ0n) is 8.87. The van der Waals surface area contributed by atoms with Crippen molar-refractivity contribution >= 4 is 15.9 Å². The summed E-state index contributed by atoms with van der Waals surface area (Å²) in [5, 5.41) is 0. The molecule has 1 aliphatic rings. The standard InChI is InChI=1S/C11H14BrNO2/c1-7(2)14-11-5-9(12)10(6-13-11)15-8-3-4-8/h5-8H,3-4H2,1-2H3. The molecule has 0 N–H and O–H groups in total. The van der Waals surface area contributed by atoms with Crippen LogP contribution in [0.1, 0.15) is 26.7 Å². The average Bonchev–Trinajstić information content (AvgIpc) is 2.92. The van der Waals surface area contributed by atoms with Gasteiger partial charge in [-0.25, -0.2) is 4.98 Å². The van der Waals surface area contributed by atoms with Crippen molar-refractivity contribution in [1.82, 2.24) is 4.98 Å². The van der Waals surface area contributed by atoms with E-state index in [2.05, 4.69) is 20.9 Å². The van der Waals surface area contributed by atoms with Crippen LogP contribution in [0.4, 0.5) is 0 Å². The molecule has 1 fully saturated rings. The van der Waals surface area contributed by atoms with Gasteiger partial charge >= 0.3 is 0 Å². The molecule has 4 heteroatoms. The number of aromatic nitrogens is 1. The van der Waals surface area contributed by atoms with E-state index in [1.165, 1.54) is 0 Å². The summed E-state index contributed by atoms with van der Waals surface area (Å²) in [7, 11) is 0. The van der Waals surface area contributed by atoms with Crippen molar-refractivity contribution in [3.8, 4) is 11.6 Å². The number of hydrogen-bond acceptors (Lipinski definition) is 3. The Morgan fingerprint density at radius 3 is 2.73 bits per heavy atom. The van der Waals surface area contributed by atoms with Crippen molar-refractivity contribution in [1.29, 1.82) is 0 Å². The molecule has 0 unspecified atom stereocenters. The Hall–Kier alpha value is -0.770. The van der Waals surface area contributed by atoms with Gasteiger partial charge in [0.15, 0.2) is 5.75 Å². The van der Waals surface area contributed by atoms with E-state index in [1.54, 1.807) is 6.20 Å². The highest BCUT2D eigenvalue weighted by Gasteiger charge is 2.24. The van der Waals surface area contributed by atoms with Gasteiger partial charge < -0.3 is 9.47 Å². The van der Waals surface area contributed by atoms with Crippen LogP contribution >= 0.6 is 15.9 Å². The molecule has 0 radical (unpaired) electrons. The maximum absolute atomic E-state index is 5.65. The van der Waals surface area contributed by atoms with Crippen LogP contribution in [0.5, 0.6) is 11.6 Å². The van der Waals surface area contributed by atoms with Gasteiger partial charge in [-0.05, 0) is 42.6 Å². The van der Waals surface area contributed by atoms with E-state index in [0.29, 0.717) is 12.0 Å². The molecule has 0 saturated heterocycles. The highest BCUT2D eigenvalue weighted by Crippen LogP contribution is 2.33. The molecule has 1 aromatic rings. The van der Waals surface area contributed by atoms with Crippen molar-refractivity contribution in [2.75, 3.05) is 0 Å². The molecule has 0 spiro atoms. The SMILES string of the molecule is CC(C)Oc1cc(Br)c(OC2CC2)cn1. The molecule has 1 heterocycles. The summed E-state index contributed by atoms with van der Waals surface area (Å²) < 4.78 is 12.0. The second kappa shape index (κ2) is 4.39. The minimum absolute atomic E-state index is 0.139. The lowest BCUT2D eigenvalue weighted by Gasteiger charge is -2.11. The summed E-state index contributed by atoms with van der Waals surface area (Å²) in [6.07, 6.45) is 4.53.